The summed E-state index contributed by atoms with van der Waals surface area (Å²) >= 11 is 11.9. The second-order valence-corrected chi connectivity index (χ2v) is 12.7. The van der Waals surface area contributed by atoms with Gasteiger partial charge in [-0.15, -0.1) is 0 Å². The van der Waals surface area contributed by atoms with Gasteiger partial charge in [0.1, 0.15) is 18.2 Å². The van der Waals surface area contributed by atoms with Gasteiger partial charge in [-0.3, -0.25) is 29.1 Å². The van der Waals surface area contributed by atoms with Gasteiger partial charge >= 0.3 is 11.9 Å². The van der Waals surface area contributed by atoms with Gasteiger partial charge in [0, 0.05) is 76.7 Å². The van der Waals surface area contributed by atoms with E-state index in [0.717, 1.165) is 0 Å². The van der Waals surface area contributed by atoms with E-state index in [0.29, 0.717) is 93.4 Å². The predicted octanol–water partition coefficient (Wildman–Crippen LogP) is 3.29. The van der Waals surface area contributed by atoms with E-state index in [1.54, 1.807) is 26.8 Å². The third-order valence-electron chi connectivity index (χ3n) is 8.57. The molecule has 1 amide bonds. The summed E-state index contributed by atoms with van der Waals surface area (Å²) in [7, 11) is 1.52. The first-order chi connectivity index (χ1) is 23.5. The molecule has 0 saturated carbocycles. The first-order valence-electron chi connectivity index (χ1n) is 15.8. The number of aromatic nitrogens is 2. The van der Waals surface area contributed by atoms with Gasteiger partial charge in [0.05, 0.1) is 48.0 Å². The Morgan fingerprint density at radius 2 is 1.47 bits per heavy atom. The SMILES string of the molecule is COc1cc2ncnc(Nc3ccc(Cl)c(Cl)c3F)c2cc1OC1CCN(C(=O)CN2CCN(CC(=O)O)CCN(CC(=O)O)CC2)CC1. The zero-order chi connectivity index (χ0) is 35.1. The van der Waals surface area contributed by atoms with Crippen LogP contribution in [-0.2, 0) is 14.4 Å². The summed E-state index contributed by atoms with van der Waals surface area (Å²) in [5.74, 6) is -1.46. The quantitative estimate of drug-likeness (QED) is 0.248. The van der Waals surface area contributed by atoms with Crippen molar-refractivity contribution < 1.29 is 38.5 Å². The highest BCUT2D eigenvalue weighted by Crippen LogP contribution is 2.37. The lowest BCUT2D eigenvalue weighted by molar-refractivity contribution is -0.140. The topological polar surface area (TPSA) is 161 Å². The molecule has 5 rings (SSSR count). The Balaban J connectivity index is 1.22. The number of carbonyl (C=O) groups is 3. The fourth-order valence-corrected chi connectivity index (χ4v) is 6.21. The third-order valence-corrected chi connectivity index (χ3v) is 9.35. The Kier molecular flexibility index (Phi) is 12.3. The van der Waals surface area contributed by atoms with Crippen molar-refractivity contribution >= 4 is 63.5 Å². The molecule has 14 nitrogen and oxygen atoms in total. The Morgan fingerprint density at radius 1 is 0.878 bits per heavy atom. The van der Waals surface area contributed by atoms with Crippen molar-refractivity contribution in [2.24, 2.45) is 0 Å². The summed E-state index contributed by atoms with van der Waals surface area (Å²) in [6.07, 6.45) is 2.26. The van der Waals surface area contributed by atoms with Crippen LogP contribution in [0.2, 0.25) is 10.0 Å². The van der Waals surface area contributed by atoms with Gasteiger partial charge in [-0.25, -0.2) is 14.4 Å². The molecule has 0 spiro atoms. The standard InChI is InChI=1S/C32H38Cl2FN7O7/c1-48-25-15-24-21(32(37-19-36-24)38-23-3-2-22(33)30(34)31(23)35)14-26(25)49-20-4-6-42(7-5-20)27(43)16-39-8-10-40(17-28(44)45)12-13-41(11-9-39)18-29(46)47/h2-3,14-15,19-20H,4-13,16-18H2,1H3,(H,44,45)(H,46,47)(H,36,37,38). The molecule has 49 heavy (non-hydrogen) atoms. The number of nitrogens with zero attached hydrogens (tertiary/aromatic N) is 6. The molecule has 2 aromatic carbocycles. The Bertz CT molecular complexity index is 1650. The summed E-state index contributed by atoms with van der Waals surface area (Å²) in [4.78, 5) is 52.0. The number of hydrogen-bond donors (Lipinski definition) is 3. The van der Waals surface area contributed by atoms with Crippen molar-refractivity contribution in [3.05, 3.63) is 46.5 Å². The Labute approximate surface area is 292 Å². The van der Waals surface area contributed by atoms with Crippen LogP contribution in [0.1, 0.15) is 12.8 Å². The molecule has 0 radical (unpaired) electrons. The summed E-state index contributed by atoms with van der Waals surface area (Å²) in [6.45, 7) is 3.50. The van der Waals surface area contributed by atoms with E-state index in [1.807, 2.05) is 4.90 Å². The molecule has 17 heteroatoms. The predicted molar refractivity (Wildman–Crippen MR) is 181 cm³/mol. The highest BCUT2D eigenvalue weighted by molar-refractivity contribution is 6.42. The average Bonchev–Trinajstić information content (AvgIpc) is 3.15. The number of nitrogens with one attached hydrogen (secondary N) is 1. The molecule has 264 valence electrons. The average molecular weight is 723 g/mol. The highest BCUT2D eigenvalue weighted by atomic mass is 35.5. The maximum Gasteiger partial charge on any atom is 0.317 e. The number of aliphatic carboxylic acids is 2. The van der Waals surface area contributed by atoms with Gasteiger partial charge in [0.15, 0.2) is 17.3 Å². The fraction of sp³-hybridized carbons (Fsp3) is 0.469. The number of halogens is 3. The third kappa shape index (κ3) is 9.57. The number of likely N-dealkylation sites (tertiary alicyclic amines) is 1. The first-order valence-corrected chi connectivity index (χ1v) is 16.5. The van der Waals surface area contributed by atoms with Crippen LogP contribution in [0.15, 0.2) is 30.6 Å². The Morgan fingerprint density at radius 3 is 2.04 bits per heavy atom. The van der Waals surface area contributed by atoms with E-state index in [4.69, 9.17) is 32.7 Å². The van der Waals surface area contributed by atoms with Crippen LogP contribution < -0.4 is 14.8 Å². The number of methoxy groups -OCH3 is 1. The smallest absolute Gasteiger partial charge is 0.317 e. The lowest BCUT2D eigenvalue weighted by Crippen LogP contribution is -2.48. The maximum atomic E-state index is 14.8. The Hall–Kier alpha value is -4.02. The molecule has 2 fully saturated rings. The van der Waals surface area contributed by atoms with Gasteiger partial charge in [0.2, 0.25) is 5.91 Å². The van der Waals surface area contributed by atoms with E-state index in [-0.39, 0.29) is 47.4 Å². The molecule has 3 heterocycles. The molecule has 0 aliphatic carbocycles. The molecule has 0 unspecified atom stereocenters. The number of amides is 1. The molecule has 2 saturated heterocycles. The summed E-state index contributed by atoms with van der Waals surface area (Å²) in [5.41, 5.74) is 0.630. The number of carboxylic acids is 2. The summed E-state index contributed by atoms with van der Waals surface area (Å²) in [6, 6.07) is 6.39. The van der Waals surface area contributed by atoms with E-state index in [1.165, 1.54) is 25.6 Å². The zero-order valence-electron chi connectivity index (χ0n) is 26.9. The van der Waals surface area contributed by atoms with Crippen LogP contribution in [0.25, 0.3) is 10.9 Å². The lowest BCUT2D eigenvalue weighted by Gasteiger charge is -2.34. The van der Waals surface area contributed by atoms with Crippen molar-refractivity contribution in [1.29, 1.82) is 0 Å². The zero-order valence-corrected chi connectivity index (χ0v) is 28.4. The van der Waals surface area contributed by atoms with Crippen molar-refractivity contribution in [2.75, 3.05) is 84.4 Å². The van der Waals surface area contributed by atoms with Gasteiger partial charge in [-0.2, -0.15) is 0 Å². The van der Waals surface area contributed by atoms with Crippen LogP contribution in [0, 0.1) is 5.82 Å². The largest absolute Gasteiger partial charge is 0.493 e. The minimum Gasteiger partial charge on any atom is -0.493 e. The van der Waals surface area contributed by atoms with E-state index < -0.39 is 17.8 Å². The monoisotopic (exact) mass is 721 g/mol. The number of carbonyl (C=O) groups excluding carboxylic acids is 1. The molecular formula is C32H38Cl2FN7O7. The number of ether oxygens (including phenoxy) is 2. The lowest BCUT2D eigenvalue weighted by atomic mass is 10.1. The number of carboxylic acid groups (broad SMARTS) is 2. The first kappa shape index (κ1) is 36.3. The maximum absolute atomic E-state index is 14.8. The number of fused-ring (bicyclic) bond motifs is 1. The number of rotatable bonds is 11. The minimum atomic E-state index is -0.956. The summed E-state index contributed by atoms with van der Waals surface area (Å²) in [5, 5.41) is 22.0. The molecule has 1 aromatic heterocycles. The van der Waals surface area contributed by atoms with Crippen LogP contribution in [-0.4, -0.2) is 143 Å². The van der Waals surface area contributed by atoms with E-state index in [2.05, 4.69) is 15.3 Å². The molecule has 3 aromatic rings. The van der Waals surface area contributed by atoms with Gasteiger partial charge in [0.25, 0.3) is 0 Å². The van der Waals surface area contributed by atoms with Crippen LogP contribution in [0.5, 0.6) is 11.5 Å². The molecule has 2 aliphatic rings. The summed E-state index contributed by atoms with van der Waals surface area (Å²) < 4.78 is 26.8. The molecular weight excluding hydrogens is 684 g/mol. The van der Waals surface area contributed by atoms with Gasteiger partial charge < -0.3 is 29.9 Å². The molecule has 3 N–H and O–H groups in total. The van der Waals surface area contributed by atoms with Crippen LogP contribution >= 0.6 is 23.2 Å². The number of hydrogen-bond acceptors (Lipinski definition) is 11. The van der Waals surface area contributed by atoms with Crippen molar-refractivity contribution in [3.8, 4) is 11.5 Å². The highest BCUT2D eigenvalue weighted by Gasteiger charge is 2.27. The second-order valence-electron chi connectivity index (χ2n) is 11.9. The van der Waals surface area contributed by atoms with E-state index in [9.17, 15) is 29.0 Å². The minimum absolute atomic E-state index is 0.0575. The van der Waals surface area contributed by atoms with Crippen molar-refractivity contribution in [2.45, 2.75) is 18.9 Å². The number of piperidine rings is 1. The number of anilines is 2. The van der Waals surface area contributed by atoms with E-state index >= 15 is 0 Å². The van der Waals surface area contributed by atoms with Crippen LogP contribution in [0.4, 0.5) is 15.9 Å². The molecule has 2 aliphatic heterocycles. The molecule has 0 bridgehead atoms. The number of benzene rings is 2. The second kappa shape index (κ2) is 16.6. The molecule has 0 atom stereocenters. The fourth-order valence-electron chi connectivity index (χ4n) is 5.90. The van der Waals surface area contributed by atoms with Gasteiger partial charge in [-0.05, 0) is 18.2 Å². The van der Waals surface area contributed by atoms with Crippen LogP contribution in [0.3, 0.4) is 0 Å². The van der Waals surface area contributed by atoms with Gasteiger partial charge in [-0.1, -0.05) is 23.2 Å². The normalized spacial score (nSPS) is 17.3. The van der Waals surface area contributed by atoms with Crippen molar-refractivity contribution in [1.82, 2.24) is 29.6 Å². The van der Waals surface area contributed by atoms with Crippen molar-refractivity contribution in [3.63, 3.8) is 0 Å².